The molecular formula is C12H24N2O3. The van der Waals surface area contributed by atoms with Crippen LogP contribution in [0.1, 0.15) is 33.6 Å². The van der Waals surface area contributed by atoms with Gasteiger partial charge in [-0.3, -0.25) is 9.59 Å². The largest absolute Gasteiger partial charge is 0.469 e. The molecule has 5 nitrogen and oxygen atoms in total. The van der Waals surface area contributed by atoms with Crippen LogP contribution < -0.4 is 11.1 Å². The van der Waals surface area contributed by atoms with Gasteiger partial charge in [0, 0.05) is 13.1 Å². The molecule has 0 aromatic heterocycles. The molecule has 1 unspecified atom stereocenters. The Kier molecular flexibility index (Phi) is 6.80. The lowest BCUT2D eigenvalue weighted by atomic mass is 9.84. The van der Waals surface area contributed by atoms with E-state index in [-0.39, 0.29) is 29.6 Å². The normalized spacial score (nSPS) is 13.0. The Bertz CT molecular complexity index is 259. The van der Waals surface area contributed by atoms with Crippen LogP contribution in [-0.4, -0.2) is 32.1 Å². The predicted molar refractivity (Wildman–Crippen MR) is 66.3 cm³/mol. The fraction of sp³-hybridized carbons (Fsp3) is 0.833. The molecule has 0 heterocycles. The summed E-state index contributed by atoms with van der Waals surface area (Å²) in [5.41, 5.74) is 5.65. The molecule has 0 fully saturated rings. The Morgan fingerprint density at radius 3 is 2.35 bits per heavy atom. The van der Waals surface area contributed by atoms with Crippen molar-refractivity contribution >= 4 is 11.9 Å². The molecule has 0 saturated carbocycles. The van der Waals surface area contributed by atoms with E-state index in [1.807, 2.05) is 0 Å². The lowest BCUT2D eigenvalue weighted by molar-refractivity contribution is -0.140. The summed E-state index contributed by atoms with van der Waals surface area (Å²) in [4.78, 5) is 22.6. The first kappa shape index (κ1) is 15.9. The van der Waals surface area contributed by atoms with Crippen molar-refractivity contribution in [2.24, 2.45) is 17.1 Å². The standard InChI is InChI=1S/C12H24N2O3/c1-12(2,3)7-9(8-13)11(16)14-6-5-10(15)17-4/h9H,5-8,13H2,1-4H3,(H,14,16). The van der Waals surface area contributed by atoms with E-state index in [1.54, 1.807) is 0 Å². The van der Waals surface area contributed by atoms with Crippen molar-refractivity contribution < 1.29 is 14.3 Å². The number of carbonyl (C=O) groups is 2. The number of nitrogens with two attached hydrogens (primary N) is 1. The first-order chi connectivity index (χ1) is 7.80. The zero-order valence-electron chi connectivity index (χ0n) is 11.2. The molecule has 0 rings (SSSR count). The van der Waals surface area contributed by atoms with E-state index < -0.39 is 0 Å². The van der Waals surface area contributed by atoms with Gasteiger partial charge in [-0.1, -0.05) is 20.8 Å². The van der Waals surface area contributed by atoms with E-state index in [0.717, 1.165) is 6.42 Å². The van der Waals surface area contributed by atoms with Gasteiger partial charge in [-0.15, -0.1) is 0 Å². The minimum atomic E-state index is -0.328. The first-order valence-electron chi connectivity index (χ1n) is 5.84. The van der Waals surface area contributed by atoms with Crippen LogP contribution in [0.15, 0.2) is 0 Å². The molecule has 0 bridgehead atoms. The van der Waals surface area contributed by atoms with Crippen molar-refractivity contribution in [2.45, 2.75) is 33.6 Å². The molecule has 0 aliphatic rings. The number of amides is 1. The summed E-state index contributed by atoms with van der Waals surface area (Å²) in [7, 11) is 1.33. The average molecular weight is 244 g/mol. The number of hydrogen-bond donors (Lipinski definition) is 2. The number of methoxy groups -OCH3 is 1. The Labute approximate surface area is 103 Å². The van der Waals surface area contributed by atoms with Crippen LogP contribution in [0.4, 0.5) is 0 Å². The Morgan fingerprint density at radius 2 is 1.94 bits per heavy atom. The van der Waals surface area contributed by atoms with E-state index >= 15 is 0 Å². The van der Waals surface area contributed by atoms with Crippen molar-refractivity contribution in [2.75, 3.05) is 20.2 Å². The highest BCUT2D eigenvalue weighted by atomic mass is 16.5. The molecule has 0 aliphatic heterocycles. The Balaban J connectivity index is 4.05. The smallest absolute Gasteiger partial charge is 0.307 e. The number of carbonyl (C=O) groups excluding carboxylic acids is 2. The van der Waals surface area contributed by atoms with Crippen LogP contribution >= 0.6 is 0 Å². The van der Waals surface area contributed by atoms with E-state index in [2.05, 4.69) is 30.8 Å². The van der Waals surface area contributed by atoms with Crippen molar-refractivity contribution in [3.63, 3.8) is 0 Å². The van der Waals surface area contributed by atoms with Crippen LogP contribution in [0.5, 0.6) is 0 Å². The summed E-state index contributed by atoms with van der Waals surface area (Å²) >= 11 is 0. The fourth-order valence-electron chi connectivity index (χ4n) is 1.56. The van der Waals surface area contributed by atoms with Crippen LogP contribution in [0.2, 0.25) is 0 Å². The van der Waals surface area contributed by atoms with Crippen molar-refractivity contribution in [3.05, 3.63) is 0 Å². The lowest BCUT2D eigenvalue weighted by Crippen LogP contribution is -2.38. The number of ether oxygens (including phenoxy) is 1. The monoisotopic (exact) mass is 244 g/mol. The first-order valence-corrected chi connectivity index (χ1v) is 5.84. The Hall–Kier alpha value is -1.10. The zero-order valence-corrected chi connectivity index (χ0v) is 11.2. The van der Waals surface area contributed by atoms with Crippen LogP contribution in [0, 0.1) is 11.3 Å². The van der Waals surface area contributed by atoms with E-state index in [0.29, 0.717) is 13.1 Å². The summed E-state index contributed by atoms with van der Waals surface area (Å²) in [6, 6.07) is 0. The molecule has 17 heavy (non-hydrogen) atoms. The summed E-state index contributed by atoms with van der Waals surface area (Å²) < 4.78 is 4.48. The highest BCUT2D eigenvalue weighted by molar-refractivity contribution is 5.79. The van der Waals surface area contributed by atoms with Gasteiger partial charge in [0.25, 0.3) is 0 Å². The maximum Gasteiger partial charge on any atom is 0.307 e. The average Bonchev–Trinajstić information content (AvgIpc) is 2.24. The molecule has 3 N–H and O–H groups in total. The van der Waals surface area contributed by atoms with Crippen molar-refractivity contribution in [1.29, 1.82) is 0 Å². The van der Waals surface area contributed by atoms with Gasteiger partial charge in [0.05, 0.1) is 19.4 Å². The van der Waals surface area contributed by atoms with Gasteiger partial charge < -0.3 is 15.8 Å². The van der Waals surface area contributed by atoms with Gasteiger partial charge in [0.2, 0.25) is 5.91 Å². The molecule has 0 aliphatic carbocycles. The summed E-state index contributed by atoms with van der Waals surface area (Å²) in [6.07, 6.45) is 0.919. The summed E-state index contributed by atoms with van der Waals surface area (Å²) in [5, 5.41) is 2.70. The lowest BCUT2D eigenvalue weighted by Gasteiger charge is -2.24. The van der Waals surface area contributed by atoms with E-state index in [9.17, 15) is 9.59 Å². The third kappa shape index (κ3) is 7.74. The number of esters is 1. The van der Waals surface area contributed by atoms with Gasteiger partial charge in [-0.05, 0) is 11.8 Å². The molecule has 5 heteroatoms. The number of nitrogens with one attached hydrogen (secondary N) is 1. The molecule has 1 amide bonds. The van der Waals surface area contributed by atoms with Gasteiger partial charge >= 0.3 is 5.97 Å². The van der Waals surface area contributed by atoms with Crippen molar-refractivity contribution in [1.82, 2.24) is 5.32 Å². The van der Waals surface area contributed by atoms with Crippen molar-refractivity contribution in [3.8, 4) is 0 Å². The highest BCUT2D eigenvalue weighted by Crippen LogP contribution is 2.23. The molecule has 0 aromatic rings. The molecule has 1 atom stereocenters. The van der Waals surface area contributed by atoms with Crippen LogP contribution in [0.25, 0.3) is 0 Å². The van der Waals surface area contributed by atoms with Gasteiger partial charge in [-0.25, -0.2) is 0 Å². The van der Waals surface area contributed by atoms with Crippen LogP contribution in [-0.2, 0) is 14.3 Å². The SMILES string of the molecule is COC(=O)CCNC(=O)C(CN)CC(C)(C)C. The second-order valence-corrected chi connectivity index (χ2v) is 5.31. The minimum Gasteiger partial charge on any atom is -0.469 e. The second-order valence-electron chi connectivity index (χ2n) is 5.31. The molecule has 0 radical (unpaired) electrons. The third-order valence-corrected chi connectivity index (χ3v) is 2.37. The van der Waals surface area contributed by atoms with Gasteiger partial charge in [0.15, 0.2) is 0 Å². The van der Waals surface area contributed by atoms with E-state index in [1.165, 1.54) is 7.11 Å². The van der Waals surface area contributed by atoms with Gasteiger partial charge in [-0.2, -0.15) is 0 Å². The maximum atomic E-state index is 11.8. The fourth-order valence-corrected chi connectivity index (χ4v) is 1.56. The van der Waals surface area contributed by atoms with E-state index in [4.69, 9.17) is 5.73 Å². The molecule has 0 saturated heterocycles. The number of hydrogen-bond acceptors (Lipinski definition) is 4. The van der Waals surface area contributed by atoms with Crippen LogP contribution in [0.3, 0.4) is 0 Å². The van der Waals surface area contributed by atoms with Gasteiger partial charge in [0.1, 0.15) is 0 Å². The third-order valence-electron chi connectivity index (χ3n) is 2.37. The zero-order chi connectivity index (χ0) is 13.5. The maximum absolute atomic E-state index is 11.8. The second kappa shape index (κ2) is 7.27. The molecule has 0 spiro atoms. The summed E-state index contributed by atoms with van der Waals surface area (Å²) in [5.74, 6) is -0.621. The topological polar surface area (TPSA) is 81.4 Å². The summed E-state index contributed by atoms with van der Waals surface area (Å²) in [6.45, 7) is 6.82. The Morgan fingerprint density at radius 1 is 1.35 bits per heavy atom. The molecular weight excluding hydrogens is 220 g/mol. The quantitative estimate of drug-likeness (QED) is 0.673. The number of rotatable bonds is 6. The highest BCUT2D eigenvalue weighted by Gasteiger charge is 2.23. The predicted octanol–water partition coefficient (Wildman–Crippen LogP) is 0.677. The molecule has 0 aromatic carbocycles. The molecule has 100 valence electrons. The minimum absolute atomic E-state index is 0.0593.